The number of hydrogen-bond acceptors (Lipinski definition) is 6. The molecule has 1 N–H and O–H groups in total. The molecule has 2 aromatic rings. The van der Waals surface area contributed by atoms with Gasteiger partial charge in [0.1, 0.15) is 5.75 Å². The first-order valence-corrected chi connectivity index (χ1v) is 8.98. The molecular weight excluding hydrogens is 304 g/mol. The summed E-state index contributed by atoms with van der Waals surface area (Å²) >= 11 is 3.90. The second-order valence-corrected chi connectivity index (χ2v) is 8.25. The molecule has 0 bridgehead atoms. The molecule has 4 nitrogen and oxygen atoms in total. The number of nitrogens with zero attached hydrogens (tertiary/aromatic N) is 2. The molecule has 1 saturated heterocycles. The number of hydrogen-bond donors (Lipinski definition) is 1. The fourth-order valence-corrected chi connectivity index (χ4v) is 5.01. The van der Waals surface area contributed by atoms with Crippen molar-refractivity contribution < 1.29 is 9.63 Å². The number of aromatic hydroxyl groups is 1. The maximum Gasteiger partial charge on any atom is 0.231 e. The van der Waals surface area contributed by atoms with Crippen molar-refractivity contribution in [1.29, 1.82) is 0 Å². The van der Waals surface area contributed by atoms with Crippen LogP contribution in [0.2, 0.25) is 0 Å². The minimum Gasteiger partial charge on any atom is -0.508 e. The molecule has 0 radical (unpaired) electrons. The van der Waals surface area contributed by atoms with Crippen LogP contribution < -0.4 is 0 Å². The molecular formula is C15H18N2O2S2. The number of rotatable bonds is 3. The van der Waals surface area contributed by atoms with Crippen molar-refractivity contribution >= 4 is 23.5 Å². The van der Waals surface area contributed by atoms with E-state index in [-0.39, 0.29) is 5.75 Å². The first-order chi connectivity index (χ1) is 10.1. The molecule has 3 atom stereocenters. The highest BCUT2D eigenvalue weighted by Crippen LogP contribution is 2.43. The summed E-state index contributed by atoms with van der Waals surface area (Å²) in [5.74, 6) is 2.74. The summed E-state index contributed by atoms with van der Waals surface area (Å²) in [6.07, 6.45) is 0.601. The molecule has 3 unspecified atom stereocenters. The maximum absolute atomic E-state index is 9.29. The largest absolute Gasteiger partial charge is 0.508 e. The van der Waals surface area contributed by atoms with E-state index in [9.17, 15) is 5.11 Å². The van der Waals surface area contributed by atoms with Crippen LogP contribution in [0.4, 0.5) is 0 Å². The van der Waals surface area contributed by atoms with Crippen molar-refractivity contribution in [3.05, 3.63) is 41.5 Å². The summed E-state index contributed by atoms with van der Waals surface area (Å²) in [6, 6.07) is 7.08. The van der Waals surface area contributed by atoms with Crippen LogP contribution in [-0.2, 0) is 6.42 Å². The number of benzene rings is 1. The third-order valence-electron chi connectivity index (χ3n) is 3.61. The van der Waals surface area contributed by atoms with Gasteiger partial charge in [0.2, 0.25) is 5.89 Å². The van der Waals surface area contributed by atoms with E-state index >= 15 is 0 Å². The molecule has 1 fully saturated rings. The lowest BCUT2D eigenvalue weighted by molar-refractivity contribution is 0.379. The van der Waals surface area contributed by atoms with Gasteiger partial charge in [0.25, 0.3) is 0 Å². The van der Waals surface area contributed by atoms with E-state index in [0.717, 1.165) is 17.1 Å². The summed E-state index contributed by atoms with van der Waals surface area (Å²) in [7, 11) is 0. The minimum absolute atomic E-state index is 0.267. The monoisotopic (exact) mass is 322 g/mol. The maximum atomic E-state index is 9.29. The van der Waals surface area contributed by atoms with Crippen molar-refractivity contribution in [1.82, 2.24) is 10.1 Å². The smallest absolute Gasteiger partial charge is 0.231 e. The Balaban J connectivity index is 1.67. The molecule has 1 aromatic heterocycles. The SMILES string of the molecule is CC1SCC(c2noc(Cc3ccc(O)cc3)n2)SC1C. The Bertz CT molecular complexity index is 600. The van der Waals surface area contributed by atoms with Gasteiger partial charge in [-0.1, -0.05) is 31.1 Å². The fraction of sp³-hybridized carbons (Fsp3) is 0.467. The van der Waals surface area contributed by atoms with E-state index in [1.165, 1.54) is 0 Å². The van der Waals surface area contributed by atoms with E-state index in [0.29, 0.717) is 28.1 Å². The zero-order chi connectivity index (χ0) is 14.8. The molecule has 112 valence electrons. The minimum atomic E-state index is 0.267. The second-order valence-electron chi connectivity index (χ2n) is 5.26. The Hall–Kier alpha value is -1.14. The number of thioether (sulfide) groups is 2. The first kappa shape index (κ1) is 14.8. The highest BCUT2D eigenvalue weighted by molar-refractivity contribution is 8.07. The average Bonchev–Trinajstić information content (AvgIpc) is 2.93. The zero-order valence-corrected chi connectivity index (χ0v) is 13.7. The van der Waals surface area contributed by atoms with Crippen LogP contribution in [0.1, 0.15) is 36.4 Å². The van der Waals surface area contributed by atoms with Gasteiger partial charge in [0.15, 0.2) is 5.82 Å². The van der Waals surface area contributed by atoms with Crippen LogP contribution in [0.25, 0.3) is 0 Å². The molecule has 0 spiro atoms. The Kier molecular flexibility index (Phi) is 4.45. The normalized spacial score (nSPS) is 25.9. The lowest BCUT2D eigenvalue weighted by Gasteiger charge is -2.29. The summed E-state index contributed by atoms with van der Waals surface area (Å²) in [5.41, 5.74) is 1.05. The van der Waals surface area contributed by atoms with Crippen LogP contribution in [0.3, 0.4) is 0 Å². The molecule has 6 heteroatoms. The molecule has 21 heavy (non-hydrogen) atoms. The topological polar surface area (TPSA) is 59.2 Å². The molecule has 0 saturated carbocycles. The van der Waals surface area contributed by atoms with E-state index in [4.69, 9.17) is 4.52 Å². The van der Waals surface area contributed by atoms with Gasteiger partial charge in [-0.15, -0.1) is 11.8 Å². The van der Waals surface area contributed by atoms with Gasteiger partial charge in [-0.25, -0.2) is 0 Å². The van der Waals surface area contributed by atoms with Crippen molar-refractivity contribution in [2.45, 2.75) is 36.0 Å². The van der Waals surface area contributed by atoms with Gasteiger partial charge in [0.05, 0.1) is 11.7 Å². The Morgan fingerprint density at radius 1 is 1.24 bits per heavy atom. The lowest BCUT2D eigenvalue weighted by Crippen LogP contribution is -2.22. The van der Waals surface area contributed by atoms with E-state index in [2.05, 4.69) is 24.0 Å². The van der Waals surface area contributed by atoms with Gasteiger partial charge in [0, 0.05) is 16.3 Å². The highest BCUT2D eigenvalue weighted by Gasteiger charge is 2.29. The van der Waals surface area contributed by atoms with Crippen LogP contribution in [0.5, 0.6) is 5.75 Å². The molecule has 1 aromatic carbocycles. The molecule has 3 rings (SSSR count). The molecule has 2 heterocycles. The molecule has 0 aliphatic carbocycles. The lowest BCUT2D eigenvalue weighted by atomic mass is 10.1. The average molecular weight is 322 g/mol. The predicted octanol–water partition coefficient (Wildman–Crippen LogP) is 3.66. The first-order valence-electron chi connectivity index (χ1n) is 6.99. The zero-order valence-electron chi connectivity index (χ0n) is 12.0. The van der Waals surface area contributed by atoms with Crippen LogP contribution in [0, 0.1) is 0 Å². The number of aromatic nitrogens is 2. The van der Waals surface area contributed by atoms with Gasteiger partial charge in [-0.2, -0.15) is 16.7 Å². The Morgan fingerprint density at radius 3 is 2.71 bits per heavy atom. The molecule has 0 amide bonds. The highest BCUT2D eigenvalue weighted by atomic mass is 32.2. The van der Waals surface area contributed by atoms with E-state index in [1.807, 2.05) is 35.7 Å². The van der Waals surface area contributed by atoms with Gasteiger partial charge < -0.3 is 9.63 Å². The number of phenolic OH excluding ortho intramolecular Hbond substituents is 1. The molecule has 1 aliphatic heterocycles. The fourth-order valence-electron chi connectivity index (χ4n) is 2.18. The van der Waals surface area contributed by atoms with Gasteiger partial charge in [-0.05, 0) is 17.7 Å². The summed E-state index contributed by atoms with van der Waals surface area (Å²) in [5, 5.41) is 15.0. The summed E-state index contributed by atoms with van der Waals surface area (Å²) in [6.45, 7) is 4.52. The Morgan fingerprint density at radius 2 is 2.00 bits per heavy atom. The summed E-state index contributed by atoms with van der Waals surface area (Å²) < 4.78 is 5.37. The third kappa shape index (κ3) is 3.55. The van der Waals surface area contributed by atoms with Crippen LogP contribution in [0.15, 0.2) is 28.8 Å². The Labute approximate surface area is 132 Å². The third-order valence-corrected chi connectivity index (χ3v) is 7.00. The van der Waals surface area contributed by atoms with Gasteiger partial charge in [-0.3, -0.25) is 0 Å². The van der Waals surface area contributed by atoms with Gasteiger partial charge >= 0.3 is 0 Å². The summed E-state index contributed by atoms with van der Waals surface area (Å²) in [4.78, 5) is 4.54. The molecule has 1 aliphatic rings. The van der Waals surface area contributed by atoms with E-state index in [1.54, 1.807) is 12.1 Å². The predicted molar refractivity (Wildman–Crippen MR) is 86.9 cm³/mol. The van der Waals surface area contributed by atoms with Crippen molar-refractivity contribution in [2.24, 2.45) is 0 Å². The standard InChI is InChI=1S/C15H18N2O2S2/c1-9-10(2)21-13(8-20-9)15-16-14(19-17-15)7-11-3-5-12(18)6-4-11/h3-6,9-10,13,18H,7-8H2,1-2H3. The number of phenols is 1. The van der Waals surface area contributed by atoms with Crippen molar-refractivity contribution in [2.75, 3.05) is 5.75 Å². The van der Waals surface area contributed by atoms with Crippen LogP contribution in [-0.4, -0.2) is 31.5 Å². The van der Waals surface area contributed by atoms with Crippen molar-refractivity contribution in [3.63, 3.8) is 0 Å². The van der Waals surface area contributed by atoms with Crippen LogP contribution >= 0.6 is 23.5 Å². The second kappa shape index (κ2) is 6.32. The van der Waals surface area contributed by atoms with Crippen molar-refractivity contribution in [3.8, 4) is 5.75 Å². The quantitative estimate of drug-likeness (QED) is 0.930. The van der Waals surface area contributed by atoms with E-state index < -0.39 is 0 Å².